The van der Waals surface area contributed by atoms with Gasteiger partial charge in [0.25, 0.3) is 5.91 Å². The van der Waals surface area contributed by atoms with Gasteiger partial charge in [0.1, 0.15) is 0 Å². The first-order valence-electron chi connectivity index (χ1n) is 5.80. The number of hydrogen-bond donors (Lipinski definition) is 0. The zero-order valence-electron chi connectivity index (χ0n) is 10.8. The van der Waals surface area contributed by atoms with Gasteiger partial charge in [-0.05, 0) is 37.3 Å². The standard InChI is InChI=1S/C14H18ClNOS/c1-4-5-6-9-16(2)14(17)12-10-11(18-3)7-8-13(12)15/h4,7-8,10H,1,5-6,9H2,2-3H3. The second-order valence-electron chi connectivity index (χ2n) is 4.00. The van der Waals surface area contributed by atoms with Crippen molar-refractivity contribution in [2.75, 3.05) is 19.8 Å². The van der Waals surface area contributed by atoms with Crippen LogP contribution >= 0.6 is 23.4 Å². The zero-order valence-corrected chi connectivity index (χ0v) is 12.4. The number of allylic oxidation sites excluding steroid dienone is 1. The van der Waals surface area contributed by atoms with Crippen LogP contribution in [0.1, 0.15) is 23.2 Å². The van der Waals surface area contributed by atoms with Crippen LogP contribution in [0.5, 0.6) is 0 Å². The molecule has 98 valence electrons. The Bertz CT molecular complexity index is 434. The number of carbonyl (C=O) groups excluding carboxylic acids is 1. The normalized spacial score (nSPS) is 10.2. The molecule has 0 N–H and O–H groups in total. The molecule has 0 atom stereocenters. The maximum Gasteiger partial charge on any atom is 0.255 e. The van der Waals surface area contributed by atoms with Crippen molar-refractivity contribution >= 4 is 29.3 Å². The maximum absolute atomic E-state index is 12.2. The minimum absolute atomic E-state index is 0.0278. The van der Waals surface area contributed by atoms with Gasteiger partial charge >= 0.3 is 0 Å². The minimum atomic E-state index is -0.0278. The lowest BCUT2D eigenvalue weighted by atomic mass is 10.2. The monoisotopic (exact) mass is 283 g/mol. The van der Waals surface area contributed by atoms with E-state index in [-0.39, 0.29) is 5.91 Å². The van der Waals surface area contributed by atoms with E-state index in [1.165, 1.54) is 0 Å². The Morgan fingerprint density at radius 1 is 1.56 bits per heavy atom. The Labute approximate surface area is 118 Å². The van der Waals surface area contributed by atoms with Crippen molar-refractivity contribution in [3.8, 4) is 0 Å². The van der Waals surface area contributed by atoms with Crippen molar-refractivity contribution in [1.82, 2.24) is 4.90 Å². The molecule has 0 heterocycles. The largest absolute Gasteiger partial charge is 0.342 e. The molecule has 0 aliphatic heterocycles. The number of amides is 1. The summed E-state index contributed by atoms with van der Waals surface area (Å²) in [5.74, 6) is -0.0278. The van der Waals surface area contributed by atoms with Gasteiger partial charge in [-0.15, -0.1) is 18.3 Å². The highest BCUT2D eigenvalue weighted by Gasteiger charge is 2.15. The number of thioether (sulfide) groups is 1. The number of hydrogen-bond acceptors (Lipinski definition) is 2. The predicted octanol–water partition coefficient (Wildman–Crippen LogP) is 4.10. The molecule has 0 radical (unpaired) electrons. The molecule has 0 aromatic heterocycles. The van der Waals surface area contributed by atoms with Crippen LogP contribution < -0.4 is 0 Å². The lowest BCUT2D eigenvalue weighted by Gasteiger charge is -2.17. The van der Waals surface area contributed by atoms with E-state index in [0.29, 0.717) is 17.1 Å². The summed E-state index contributed by atoms with van der Waals surface area (Å²) in [4.78, 5) is 15.0. The third-order valence-corrected chi connectivity index (χ3v) is 3.71. The fraction of sp³-hybridized carbons (Fsp3) is 0.357. The van der Waals surface area contributed by atoms with Crippen molar-refractivity contribution in [2.24, 2.45) is 0 Å². The molecule has 0 saturated heterocycles. The molecule has 1 amide bonds. The van der Waals surface area contributed by atoms with Crippen LogP contribution in [0.3, 0.4) is 0 Å². The van der Waals surface area contributed by atoms with Crippen molar-refractivity contribution in [3.05, 3.63) is 41.4 Å². The number of unbranched alkanes of at least 4 members (excludes halogenated alkanes) is 1. The minimum Gasteiger partial charge on any atom is -0.342 e. The van der Waals surface area contributed by atoms with Crippen molar-refractivity contribution in [1.29, 1.82) is 0 Å². The molecule has 0 aliphatic carbocycles. The van der Waals surface area contributed by atoms with Gasteiger partial charge in [-0.1, -0.05) is 17.7 Å². The fourth-order valence-corrected chi connectivity index (χ4v) is 2.21. The van der Waals surface area contributed by atoms with Gasteiger partial charge < -0.3 is 4.90 Å². The molecule has 1 aromatic rings. The molecule has 1 aromatic carbocycles. The summed E-state index contributed by atoms with van der Waals surface area (Å²) in [6.45, 7) is 4.38. The van der Waals surface area contributed by atoms with Crippen molar-refractivity contribution in [3.63, 3.8) is 0 Å². The Balaban J connectivity index is 2.78. The van der Waals surface area contributed by atoms with E-state index in [0.717, 1.165) is 17.7 Å². The molecule has 0 spiro atoms. The van der Waals surface area contributed by atoms with Gasteiger partial charge in [0.2, 0.25) is 0 Å². The molecule has 0 saturated carbocycles. The molecule has 0 unspecified atom stereocenters. The topological polar surface area (TPSA) is 20.3 Å². The Morgan fingerprint density at radius 3 is 2.89 bits per heavy atom. The van der Waals surface area contributed by atoms with Gasteiger partial charge in [-0.2, -0.15) is 0 Å². The second-order valence-corrected chi connectivity index (χ2v) is 5.29. The lowest BCUT2D eigenvalue weighted by molar-refractivity contribution is 0.0794. The highest BCUT2D eigenvalue weighted by atomic mass is 35.5. The SMILES string of the molecule is C=CCCCN(C)C(=O)c1cc(SC)ccc1Cl. The number of nitrogens with zero attached hydrogens (tertiary/aromatic N) is 1. The average molecular weight is 284 g/mol. The summed E-state index contributed by atoms with van der Waals surface area (Å²) >= 11 is 7.68. The zero-order chi connectivity index (χ0) is 13.5. The van der Waals surface area contributed by atoms with E-state index in [2.05, 4.69) is 6.58 Å². The molecule has 18 heavy (non-hydrogen) atoms. The van der Waals surface area contributed by atoms with Gasteiger partial charge in [0.15, 0.2) is 0 Å². The Hall–Kier alpha value is -0.930. The number of halogens is 1. The molecule has 0 fully saturated rings. The van der Waals surface area contributed by atoms with Crippen LogP contribution in [0.25, 0.3) is 0 Å². The molecular weight excluding hydrogens is 266 g/mol. The smallest absolute Gasteiger partial charge is 0.255 e. The van der Waals surface area contributed by atoms with Gasteiger partial charge in [-0.25, -0.2) is 0 Å². The third-order valence-electron chi connectivity index (χ3n) is 2.65. The third kappa shape index (κ3) is 4.07. The average Bonchev–Trinajstić information content (AvgIpc) is 2.38. The summed E-state index contributed by atoms with van der Waals surface area (Å²) in [5, 5.41) is 0.508. The molecule has 0 bridgehead atoms. The van der Waals surface area contributed by atoms with Gasteiger partial charge in [-0.3, -0.25) is 4.79 Å². The lowest BCUT2D eigenvalue weighted by Crippen LogP contribution is -2.28. The fourth-order valence-electron chi connectivity index (χ4n) is 1.58. The highest BCUT2D eigenvalue weighted by molar-refractivity contribution is 7.98. The van der Waals surface area contributed by atoms with Gasteiger partial charge in [0, 0.05) is 18.5 Å². The number of carbonyl (C=O) groups is 1. The van der Waals surface area contributed by atoms with E-state index in [1.807, 2.05) is 24.5 Å². The summed E-state index contributed by atoms with van der Waals surface area (Å²) in [6.07, 6.45) is 5.67. The van der Waals surface area contributed by atoms with E-state index in [9.17, 15) is 4.79 Å². The first kappa shape index (κ1) is 15.1. The van der Waals surface area contributed by atoms with Crippen LogP contribution in [0.2, 0.25) is 5.02 Å². The van der Waals surface area contributed by atoms with E-state index >= 15 is 0 Å². The highest BCUT2D eigenvalue weighted by Crippen LogP contribution is 2.24. The Kier molecular flexibility index (Phi) is 6.30. The van der Waals surface area contributed by atoms with E-state index < -0.39 is 0 Å². The van der Waals surface area contributed by atoms with Crippen LogP contribution in [0.4, 0.5) is 0 Å². The first-order chi connectivity index (χ1) is 8.60. The van der Waals surface area contributed by atoms with Crippen molar-refractivity contribution < 1.29 is 4.79 Å². The van der Waals surface area contributed by atoms with Crippen LogP contribution in [-0.4, -0.2) is 30.7 Å². The number of benzene rings is 1. The van der Waals surface area contributed by atoms with Crippen molar-refractivity contribution in [2.45, 2.75) is 17.7 Å². The Morgan fingerprint density at radius 2 is 2.28 bits per heavy atom. The summed E-state index contributed by atoms with van der Waals surface area (Å²) in [7, 11) is 1.80. The first-order valence-corrected chi connectivity index (χ1v) is 7.40. The second kappa shape index (κ2) is 7.49. The number of rotatable bonds is 6. The molecule has 4 heteroatoms. The summed E-state index contributed by atoms with van der Waals surface area (Å²) in [6, 6.07) is 5.54. The van der Waals surface area contributed by atoms with Crippen LogP contribution in [0, 0.1) is 0 Å². The molecule has 1 rings (SSSR count). The van der Waals surface area contributed by atoms with Crippen LogP contribution in [-0.2, 0) is 0 Å². The summed E-state index contributed by atoms with van der Waals surface area (Å²) in [5.41, 5.74) is 0.574. The molecule has 2 nitrogen and oxygen atoms in total. The molecular formula is C14H18ClNOS. The molecule has 0 aliphatic rings. The quantitative estimate of drug-likeness (QED) is 0.445. The predicted molar refractivity (Wildman–Crippen MR) is 79.6 cm³/mol. The van der Waals surface area contributed by atoms with E-state index in [4.69, 9.17) is 11.6 Å². The van der Waals surface area contributed by atoms with Crippen LogP contribution in [0.15, 0.2) is 35.7 Å². The van der Waals surface area contributed by atoms with Gasteiger partial charge in [0.05, 0.1) is 10.6 Å². The maximum atomic E-state index is 12.2. The summed E-state index contributed by atoms with van der Waals surface area (Å²) < 4.78 is 0. The van der Waals surface area contributed by atoms with E-state index in [1.54, 1.807) is 29.8 Å².